The highest BCUT2D eigenvalue weighted by molar-refractivity contribution is 9.09. The molecule has 98 valence electrons. The molecule has 0 atom stereocenters. The zero-order valence-electron chi connectivity index (χ0n) is 10.4. The van der Waals surface area contributed by atoms with Crippen molar-refractivity contribution >= 4 is 26.1 Å². The first kappa shape index (κ1) is 16.4. The van der Waals surface area contributed by atoms with Crippen LogP contribution in [0.2, 0.25) is 0 Å². The number of nitrogens with zero attached hydrogens (tertiary/aromatic N) is 1. The molecule has 0 unspecified atom stereocenters. The van der Waals surface area contributed by atoms with Crippen molar-refractivity contribution < 1.29 is 8.42 Å². The van der Waals surface area contributed by atoms with E-state index in [9.17, 15) is 8.42 Å². The summed E-state index contributed by atoms with van der Waals surface area (Å²) >= 11 is 3.37. The standard InChI is InChI=1S/C10H23BrN2O2S/c1-10(2)13(3)16(14,15)12-9-7-5-4-6-8-11/h10,12H,4-9H2,1-3H3. The summed E-state index contributed by atoms with van der Waals surface area (Å²) in [5, 5.41) is 1.02. The summed E-state index contributed by atoms with van der Waals surface area (Å²) in [6.45, 7) is 4.24. The second kappa shape index (κ2) is 8.44. The molecule has 0 bridgehead atoms. The zero-order chi connectivity index (χ0) is 12.6. The second-order valence-corrected chi connectivity index (χ2v) is 6.72. The van der Waals surface area contributed by atoms with Crippen molar-refractivity contribution in [2.75, 3.05) is 18.9 Å². The molecule has 1 N–H and O–H groups in total. The Morgan fingerprint density at radius 3 is 2.25 bits per heavy atom. The molecular formula is C10H23BrN2O2S. The third-order valence-electron chi connectivity index (χ3n) is 2.45. The summed E-state index contributed by atoms with van der Waals surface area (Å²) in [4.78, 5) is 0. The molecule has 0 spiro atoms. The monoisotopic (exact) mass is 314 g/mol. The Bertz CT molecular complexity index is 268. The lowest BCUT2D eigenvalue weighted by atomic mass is 10.2. The summed E-state index contributed by atoms with van der Waals surface area (Å²) in [6.07, 6.45) is 4.27. The van der Waals surface area contributed by atoms with Gasteiger partial charge in [0.2, 0.25) is 0 Å². The number of unbranched alkanes of at least 4 members (excludes halogenated alkanes) is 3. The van der Waals surface area contributed by atoms with E-state index in [1.165, 1.54) is 4.31 Å². The molecule has 0 aliphatic rings. The quantitative estimate of drug-likeness (QED) is 0.523. The third-order valence-corrected chi connectivity index (χ3v) is 4.76. The molecule has 0 aromatic heterocycles. The molecule has 16 heavy (non-hydrogen) atoms. The van der Waals surface area contributed by atoms with Crippen molar-refractivity contribution in [1.29, 1.82) is 0 Å². The van der Waals surface area contributed by atoms with Gasteiger partial charge < -0.3 is 0 Å². The van der Waals surface area contributed by atoms with Crippen molar-refractivity contribution in [3.8, 4) is 0 Å². The van der Waals surface area contributed by atoms with Gasteiger partial charge in [-0.15, -0.1) is 0 Å². The van der Waals surface area contributed by atoms with E-state index in [4.69, 9.17) is 0 Å². The lowest BCUT2D eigenvalue weighted by Gasteiger charge is -2.21. The first-order chi connectivity index (χ1) is 7.41. The van der Waals surface area contributed by atoms with Gasteiger partial charge in [-0.2, -0.15) is 12.7 Å². The summed E-state index contributed by atoms with van der Waals surface area (Å²) in [5.41, 5.74) is 0. The maximum absolute atomic E-state index is 11.7. The fraction of sp³-hybridized carbons (Fsp3) is 1.00. The molecule has 0 rings (SSSR count). The summed E-state index contributed by atoms with van der Waals surface area (Å²) < 4.78 is 27.3. The molecule has 0 aliphatic heterocycles. The highest BCUT2D eigenvalue weighted by Gasteiger charge is 2.18. The van der Waals surface area contributed by atoms with Gasteiger partial charge in [0.05, 0.1) is 0 Å². The molecular weight excluding hydrogens is 292 g/mol. The van der Waals surface area contributed by atoms with Crippen molar-refractivity contribution in [2.24, 2.45) is 0 Å². The molecule has 0 aromatic carbocycles. The van der Waals surface area contributed by atoms with Gasteiger partial charge in [-0.3, -0.25) is 0 Å². The zero-order valence-corrected chi connectivity index (χ0v) is 12.8. The van der Waals surface area contributed by atoms with E-state index in [1.807, 2.05) is 13.8 Å². The van der Waals surface area contributed by atoms with Crippen LogP contribution in [0.5, 0.6) is 0 Å². The third kappa shape index (κ3) is 6.83. The minimum absolute atomic E-state index is 0.00843. The molecule has 4 nitrogen and oxygen atoms in total. The Hall–Kier alpha value is 0.350. The van der Waals surface area contributed by atoms with Gasteiger partial charge in [-0.25, -0.2) is 4.72 Å². The van der Waals surface area contributed by atoms with Crippen LogP contribution >= 0.6 is 15.9 Å². The number of rotatable bonds is 9. The predicted octanol–water partition coefficient (Wildman–Crippen LogP) is 2.12. The van der Waals surface area contributed by atoms with E-state index in [1.54, 1.807) is 7.05 Å². The van der Waals surface area contributed by atoms with Crippen molar-refractivity contribution in [3.63, 3.8) is 0 Å². The number of alkyl halides is 1. The molecule has 0 saturated heterocycles. The number of hydrogen-bond acceptors (Lipinski definition) is 2. The average Bonchev–Trinajstić information content (AvgIpc) is 2.22. The van der Waals surface area contributed by atoms with E-state index in [0.717, 1.165) is 31.0 Å². The molecule has 0 fully saturated rings. The van der Waals surface area contributed by atoms with E-state index >= 15 is 0 Å². The van der Waals surface area contributed by atoms with Crippen LogP contribution < -0.4 is 4.72 Å². The normalized spacial score (nSPS) is 12.6. The molecule has 0 amide bonds. The molecule has 0 heterocycles. The minimum Gasteiger partial charge on any atom is -0.202 e. The predicted molar refractivity (Wildman–Crippen MR) is 72.1 cm³/mol. The minimum atomic E-state index is -3.28. The van der Waals surface area contributed by atoms with E-state index in [0.29, 0.717) is 6.54 Å². The SMILES string of the molecule is CC(C)N(C)S(=O)(=O)NCCCCCCBr. The van der Waals surface area contributed by atoms with Crippen LogP contribution in [0.15, 0.2) is 0 Å². The summed E-state index contributed by atoms with van der Waals surface area (Å²) in [5.74, 6) is 0. The van der Waals surface area contributed by atoms with Crippen molar-refractivity contribution in [1.82, 2.24) is 9.03 Å². The molecule has 6 heteroatoms. The number of nitrogens with one attached hydrogen (secondary N) is 1. The van der Waals surface area contributed by atoms with Crippen LogP contribution in [0.3, 0.4) is 0 Å². The van der Waals surface area contributed by atoms with E-state index < -0.39 is 10.2 Å². The van der Waals surface area contributed by atoms with Crippen LogP contribution in [-0.4, -0.2) is 37.7 Å². The molecule has 0 aliphatic carbocycles. The van der Waals surface area contributed by atoms with Gasteiger partial charge in [0.15, 0.2) is 0 Å². The van der Waals surface area contributed by atoms with Crippen LogP contribution in [-0.2, 0) is 10.2 Å². The molecule has 0 aromatic rings. The summed E-state index contributed by atoms with van der Waals surface area (Å²) in [6, 6.07) is -0.00843. The molecule has 0 radical (unpaired) electrons. The van der Waals surface area contributed by atoms with Gasteiger partial charge >= 0.3 is 0 Å². The lowest BCUT2D eigenvalue weighted by molar-refractivity contribution is 0.402. The van der Waals surface area contributed by atoms with Crippen LogP contribution in [0.25, 0.3) is 0 Å². The van der Waals surface area contributed by atoms with Crippen molar-refractivity contribution in [3.05, 3.63) is 0 Å². The Kier molecular flexibility index (Phi) is 8.63. The maximum Gasteiger partial charge on any atom is 0.279 e. The van der Waals surface area contributed by atoms with E-state index in [2.05, 4.69) is 20.7 Å². The molecule has 0 saturated carbocycles. The largest absolute Gasteiger partial charge is 0.279 e. The van der Waals surface area contributed by atoms with Crippen molar-refractivity contribution in [2.45, 2.75) is 45.6 Å². The Balaban J connectivity index is 3.75. The Morgan fingerprint density at radius 2 is 1.75 bits per heavy atom. The first-order valence-corrected chi connectivity index (χ1v) is 8.26. The van der Waals surface area contributed by atoms with E-state index in [-0.39, 0.29) is 6.04 Å². The lowest BCUT2D eigenvalue weighted by Crippen LogP contribution is -2.42. The van der Waals surface area contributed by atoms with Crippen LogP contribution in [0, 0.1) is 0 Å². The maximum atomic E-state index is 11.7. The highest BCUT2D eigenvalue weighted by atomic mass is 79.9. The van der Waals surface area contributed by atoms with Gasteiger partial charge in [-0.1, -0.05) is 28.8 Å². The highest BCUT2D eigenvalue weighted by Crippen LogP contribution is 2.03. The second-order valence-electron chi connectivity index (χ2n) is 4.11. The topological polar surface area (TPSA) is 49.4 Å². The van der Waals surface area contributed by atoms with Crippen LogP contribution in [0.4, 0.5) is 0 Å². The Morgan fingerprint density at radius 1 is 1.19 bits per heavy atom. The smallest absolute Gasteiger partial charge is 0.202 e. The fourth-order valence-electron chi connectivity index (χ4n) is 1.15. The number of halogens is 1. The van der Waals surface area contributed by atoms with Crippen LogP contribution in [0.1, 0.15) is 39.5 Å². The average molecular weight is 315 g/mol. The van der Waals surface area contributed by atoms with Gasteiger partial charge in [0, 0.05) is 25.0 Å². The first-order valence-electron chi connectivity index (χ1n) is 5.70. The van der Waals surface area contributed by atoms with Gasteiger partial charge in [0.1, 0.15) is 0 Å². The Labute approximate surface area is 108 Å². The van der Waals surface area contributed by atoms with Gasteiger partial charge in [-0.05, 0) is 26.7 Å². The fourth-order valence-corrected chi connectivity index (χ4v) is 2.71. The summed E-state index contributed by atoms with van der Waals surface area (Å²) in [7, 11) is -1.68. The van der Waals surface area contributed by atoms with Gasteiger partial charge in [0.25, 0.3) is 10.2 Å². The number of hydrogen-bond donors (Lipinski definition) is 1.